The topological polar surface area (TPSA) is 102 Å². The van der Waals surface area contributed by atoms with Gasteiger partial charge in [-0.05, 0) is 38.8 Å². The normalized spacial score (nSPS) is 17.9. The van der Waals surface area contributed by atoms with E-state index in [9.17, 15) is 18.0 Å². The molecular formula is C20H28N2O7S. The first-order valence-electron chi connectivity index (χ1n) is 10.1. The summed E-state index contributed by atoms with van der Waals surface area (Å²) >= 11 is 0. The molecule has 2 aliphatic heterocycles. The molecule has 0 bridgehead atoms. The lowest BCUT2D eigenvalue weighted by Gasteiger charge is -2.36. The number of carbonyl (C=O) groups is 2. The lowest BCUT2D eigenvalue weighted by atomic mass is 9.96. The first-order chi connectivity index (χ1) is 14.2. The van der Waals surface area contributed by atoms with Crippen LogP contribution in [-0.2, 0) is 24.3 Å². The molecular weight excluding hydrogens is 412 g/mol. The van der Waals surface area contributed by atoms with E-state index >= 15 is 0 Å². The fraction of sp³-hybridized carbons (Fsp3) is 0.600. The zero-order valence-electron chi connectivity index (χ0n) is 17.5. The molecule has 0 aliphatic carbocycles. The molecule has 10 heteroatoms. The van der Waals surface area contributed by atoms with E-state index in [4.69, 9.17) is 14.2 Å². The number of esters is 1. The van der Waals surface area contributed by atoms with E-state index in [0.717, 1.165) is 10.6 Å². The standard InChI is InChI=1S/C20H28N2O7S/c1-4-27-20(24)15-7-9-21(10-8-15)19(23)14(2)22(30(3,25)26)16-5-6-17-18(13-16)29-12-11-28-17/h5-6,13-15H,4,7-12H2,1-3H3/t14-/m1/s1. The van der Waals surface area contributed by atoms with Gasteiger partial charge in [0.2, 0.25) is 15.9 Å². The van der Waals surface area contributed by atoms with Gasteiger partial charge in [-0.15, -0.1) is 0 Å². The lowest BCUT2D eigenvalue weighted by Crippen LogP contribution is -2.51. The molecule has 2 aliphatic rings. The third-order valence-corrected chi connectivity index (χ3v) is 6.51. The van der Waals surface area contributed by atoms with Gasteiger partial charge in [0.15, 0.2) is 11.5 Å². The summed E-state index contributed by atoms with van der Waals surface area (Å²) < 4.78 is 42.3. The molecule has 0 radical (unpaired) electrons. The second-order valence-electron chi connectivity index (χ2n) is 7.41. The Morgan fingerprint density at radius 2 is 1.83 bits per heavy atom. The lowest BCUT2D eigenvalue weighted by molar-refractivity contribution is -0.151. The van der Waals surface area contributed by atoms with Crippen LogP contribution in [0, 0.1) is 5.92 Å². The molecule has 0 N–H and O–H groups in total. The number of hydrogen-bond acceptors (Lipinski definition) is 7. The Labute approximate surface area is 176 Å². The molecule has 1 fully saturated rings. The zero-order chi connectivity index (χ0) is 21.9. The molecule has 0 spiro atoms. The minimum absolute atomic E-state index is 0.229. The van der Waals surface area contributed by atoms with E-state index in [1.54, 1.807) is 36.9 Å². The third kappa shape index (κ3) is 4.80. The zero-order valence-corrected chi connectivity index (χ0v) is 18.3. The highest BCUT2D eigenvalue weighted by molar-refractivity contribution is 7.92. The number of hydrogen-bond donors (Lipinski definition) is 0. The fourth-order valence-corrected chi connectivity index (χ4v) is 4.99. The van der Waals surface area contributed by atoms with Crippen molar-refractivity contribution in [3.8, 4) is 11.5 Å². The van der Waals surface area contributed by atoms with Crippen molar-refractivity contribution in [3.63, 3.8) is 0 Å². The Morgan fingerprint density at radius 1 is 1.20 bits per heavy atom. The second-order valence-corrected chi connectivity index (χ2v) is 9.27. The smallest absolute Gasteiger partial charge is 0.309 e. The van der Waals surface area contributed by atoms with Crippen molar-refractivity contribution in [2.75, 3.05) is 43.5 Å². The molecule has 1 aromatic carbocycles. The molecule has 1 aromatic rings. The fourth-order valence-electron chi connectivity index (χ4n) is 3.83. The summed E-state index contributed by atoms with van der Waals surface area (Å²) in [5.41, 5.74) is 0.337. The van der Waals surface area contributed by atoms with Gasteiger partial charge in [-0.25, -0.2) is 8.42 Å². The molecule has 0 saturated carbocycles. The van der Waals surface area contributed by atoms with Crippen LogP contribution in [0.2, 0.25) is 0 Å². The quantitative estimate of drug-likeness (QED) is 0.616. The van der Waals surface area contributed by atoms with Crippen LogP contribution in [0.15, 0.2) is 18.2 Å². The summed E-state index contributed by atoms with van der Waals surface area (Å²) in [6.45, 7) is 5.22. The summed E-state index contributed by atoms with van der Waals surface area (Å²) in [5, 5.41) is 0. The number of piperidine rings is 1. The molecule has 1 atom stereocenters. The molecule has 3 rings (SSSR count). The molecule has 0 aromatic heterocycles. The minimum atomic E-state index is -3.74. The molecule has 0 unspecified atom stereocenters. The van der Waals surface area contributed by atoms with Crippen molar-refractivity contribution >= 4 is 27.6 Å². The third-order valence-electron chi connectivity index (χ3n) is 5.27. The van der Waals surface area contributed by atoms with Gasteiger partial charge in [-0.3, -0.25) is 13.9 Å². The number of ether oxygens (including phenoxy) is 3. The van der Waals surface area contributed by atoms with Crippen LogP contribution in [0.1, 0.15) is 26.7 Å². The average Bonchev–Trinajstić information content (AvgIpc) is 2.72. The van der Waals surface area contributed by atoms with E-state index < -0.39 is 16.1 Å². The first-order valence-corrected chi connectivity index (χ1v) is 11.9. The van der Waals surface area contributed by atoms with Gasteiger partial charge in [-0.2, -0.15) is 0 Å². The number of likely N-dealkylation sites (tertiary alicyclic amines) is 1. The highest BCUT2D eigenvalue weighted by Gasteiger charge is 2.35. The Hall–Kier alpha value is -2.49. The van der Waals surface area contributed by atoms with E-state index in [2.05, 4.69) is 0 Å². The predicted molar refractivity (Wildman–Crippen MR) is 110 cm³/mol. The summed E-state index contributed by atoms with van der Waals surface area (Å²) in [6, 6.07) is 3.88. The average molecular weight is 441 g/mol. The number of nitrogens with zero attached hydrogens (tertiary/aromatic N) is 2. The van der Waals surface area contributed by atoms with Crippen LogP contribution in [0.5, 0.6) is 11.5 Å². The Kier molecular flexibility index (Phi) is 6.74. The number of fused-ring (bicyclic) bond motifs is 1. The van der Waals surface area contributed by atoms with Gasteiger partial charge in [0.05, 0.1) is 24.5 Å². The van der Waals surface area contributed by atoms with Gasteiger partial charge < -0.3 is 19.1 Å². The SMILES string of the molecule is CCOC(=O)C1CCN(C(=O)[C@@H](C)N(c2ccc3c(c2)OCCO3)S(C)(=O)=O)CC1. The van der Waals surface area contributed by atoms with Crippen LogP contribution in [0.3, 0.4) is 0 Å². The molecule has 30 heavy (non-hydrogen) atoms. The molecule has 9 nitrogen and oxygen atoms in total. The van der Waals surface area contributed by atoms with Crippen molar-refractivity contribution in [2.45, 2.75) is 32.7 Å². The molecule has 1 saturated heterocycles. The largest absolute Gasteiger partial charge is 0.486 e. The van der Waals surface area contributed by atoms with E-state index in [1.165, 1.54) is 0 Å². The molecule has 1 amide bonds. The van der Waals surface area contributed by atoms with Crippen LogP contribution < -0.4 is 13.8 Å². The first kappa shape index (κ1) is 22.2. The van der Waals surface area contributed by atoms with E-state index in [0.29, 0.717) is 62.9 Å². The van der Waals surface area contributed by atoms with E-state index in [-0.39, 0.29) is 17.8 Å². The minimum Gasteiger partial charge on any atom is -0.486 e. The Balaban J connectivity index is 1.76. The highest BCUT2D eigenvalue weighted by Crippen LogP contribution is 2.35. The van der Waals surface area contributed by atoms with Gasteiger partial charge in [-0.1, -0.05) is 0 Å². The van der Waals surface area contributed by atoms with Gasteiger partial charge in [0.25, 0.3) is 0 Å². The number of rotatable bonds is 6. The van der Waals surface area contributed by atoms with Crippen LogP contribution >= 0.6 is 0 Å². The summed E-state index contributed by atoms with van der Waals surface area (Å²) in [7, 11) is -3.74. The number of benzene rings is 1. The van der Waals surface area contributed by atoms with Crippen molar-refractivity contribution in [2.24, 2.45) is 5.92 Å². The number of amides is 1. The second kappa shape index (κ2) is 9.11. The van der Waals surface area contributed by atoms with Gasteiger partial charge in [0, 0.05) is 19.2 Å². The molecule has 166 valence electrons. The van der Waals surface area contributed by atoms with Crippen molar-refractivity contribution in [1.82, 2.24) is 4.90 Å². The maximum absolute atomic E-state index is 13.1. The number of anilines is 1. The predicted octanol–water partition coefficient (Wildman–Crippen LogP) is 1.41. The van der Waals surface area contributed by atoms with Crippen molar-refractivity contribution < 1.29 is 32.2 Å². The summed E-state index contributed by atoms with van der Waals surface area (Å²) in [5.74, 6) is 0.207. The monoisotopic (exact) mass is 440 g/mol. The summed E-state index contributed by atoms with van der Waals surface area (Å²) in [6.07, 6.45) is 2.07. The number of carbonyl (C=O) groups excluding carboxylic acids is 2. The van der Waals surface area contributed by atoms with Gasteiger partial charge in [0.1, 0.15) is 19.3 Å². The Morgan fingerprint density at radius 3 is 2.43 bits per heavy atom. The maximum Gasteiger partial charge on any atom is 0.309 e. The van der Waals surface area contributed by atoms with Gasteiger partial charge >= 0.3 is 5.97 Å². The number of sulfonamides is 1. The maximum atomic E-state index is 13.1. The van der Waals surface area contributed by atoms with E-state index in [1.807, 2.05) is 0 Å². The van der Waals surface area contributed by atoms with Crippen LogP contribution in [0.4, 0.5) is 5.69 Å². The Bertz CT molecular complexity index is 894. The summed E-state index contributed by atoms with van der Waals surface area (Å²) in [4.78, 5) is 26.6. The molecule has 2 heterocycles. The van der Waals surface area contributed by atoms with Crippen LogP contribution in [-0.4, -0.2) is 70.4 Å². The van der Waals surface area contributed by atoms with Crippen LogP contribution in [0.25, 0.3) is 0 Å². The highest BCUT2D eigenvalue weighted by atomic mass is 32.2. The van der Waals surface area contributed by atoms with Crippen molar-refractivity contribution in [1.29, 1.82) is 0 Å². The van der Waals surface area contributed by atoms with Crippen molar-refractivity contribution in [3.05, 3.63) is 18.2 Å².